The van der Waals surface area contributed by atoms with E-state index >= 15 is 0 Å². The van der Waals surface area contributed by atoms with E-state index in [2.05, 4.69) is 0 Å². The third kappa shape index (κ3) is 7.12. The van der Waals surface area contributed by atoms with Gasteiger partial charge in [-0.25, -0.2) is 9.59 Å². The van der Waals surface area contributed by atoms with Crippen LogP contribution in [0.2, 0.25) is 0 Å². The molecule has 0 saturated carbocycles. The second-order valence-electron chi connectivity index (χ2n) is 9.22. The predicted octanol–water partition coefficient (Wildman–Crippen LogP) is 5.83. The second kappa shape index (κ2) is 13.7. The fraction of sp³-hybridized carbons (Fsp3) is 0.188. The van der Waals surface area contributed by atoms with Gasteiger partial charge in [-0.3, -0.25) is 0 Å². The number of hydrogen-bond donors (Lipinski definition) is 2. The van der Waals surface area contributed by atoms with Gasteiger partial charge >= 0.3 is 31.4 Å². The molecule has 6 nitrogen and oxygen atoms in total. The monoisotopic (exact) mass is 574 g/mol. The van der Waals surface area contributed by atoms with E-state index in [1.165, 1.54) is 12.1 Å². The van der Waals surface area contributed by atoms with Gasteiger partial charge in [0, 0.05) is 11.8 Å². The van der Waals surface area contributed by atoms with Gasteiger partial charge in [-0.15, -0.1) is 0 Å². The molecule has 0 aliphatic carbocycles. The maximum absolute atomic E-state index is 12.3. The Kier molecular flexibility index (Phi) is 11.0. The minimum absolute atomic E-state index is 0. The maximum Gasteiger partial charge on any atom is 2.00 e. The van der Waals surface area contributed by atoms with Gasteiger partial charge in [-0.1, -0.05) is 98.1 Å². The van der Waals surface area contributed by atoms with Gasteiger partial charge in [0.1, 0.15) is 0 Å². The third-order valence-electron chi connectivity index (χ3n) is 6.75. The van der Waals surface area contributed by atoms with Crippen LogP contribution in [0.1, 0.15) is 79.8 Å². The molecule has 0 bridgehead atoms. The van der Waals surface area contributed by atoms with Gasteiger partial charge < -0.3 is 20.4 Å². The molecule has 4 aromatic carbocycles. The van der Waals surface area contributed by atoms with Crippen molar-refractivity contribution in [1.82, 2.24) is 0 Å². The first-order chi connectivity index (χ1) is 18.0. The quantitative estimate of drug-likeness (QED) is 0.279. The Hall–Kier alpha value is -3.96. The van der Waals surface area contributed by atoms with Crippen LogP contribution in [0.25, 0.3) is 0 Å². The van der Waals surface area contributed by atoms with Crippen LogP contribution in [0.3, 0.4) is 0 Å². The Bertz CT molecular complexity index is 1320. The predicted molar refractivity (Wildman–Crippen MR) is 143 cm³/mol. The summed E-state index contributed by atoms with van der Waals surface area (Å²) in [5.41, 5.74) is 4.46. The van der Waals surface area contributed by atoms with Crippen molar-refractivity contribution in [1.29, 1.82) is 0 Å². The number of aryl methyl sites for hydroxylation is 2. The van der Waals surface area contributed by atoms with E-state index in [4.69, 9.17) is 10.2 Å². The summed E-state index contributed by atoms with van der Waals surface area (Å²) in [5.74, 6) is -3.35. The summed E-state index contributed by atoms with van der Waals surface area (Å²) in [7, 11) is 0. The topological polar surface area (TPSA) is 121 Å². The van der Waals surface area contributed by atoms with Gasteiger partial charge in [-0.05, 0) is 59.4 Å². The van der Waals surface area contributed by atoms with Crippen LogP contribution < -0.4 is 10.2 Å². The molecule has 4 rings (SSSR count). The Morgan fingerprint density at radius 1 is 0.590 bits per heavy atom. The molecule has 0 aliphatic heterocycles. The van der Waals surface area contributed by atoms with Crippen LogP contribution in [-0.4, -0.2) is 22.2 Å². The summed E-state index contributed by atoms with van der Waals surface area (Å²) in [6.07, 6.45) is 0. The van der Waals surface area contributed by atoms with Crippen molar-refractivity contribution >= 4 is 11.9 Å². The average molecular weight is 576 g/mol. The first-order valence-corrected chi connectivity index (χ1v) is 12.2. The van der Waals surface area contributed by atoms with Crippen molar-refractivity contribution < 1.29 is 49.5 Å². The zero-order chi connectivity index (χ0) is 28.0. The molecule has 2 unspecified atom stereocenters. The maximum atomic E-state index is 12.3. The van der Waals surface area contributed by atoms with Gasteiger partial charge in [0.25, 0.3) is 0 Å². The van der Waals surface area contributed by atoms with Crippen LogP contribution >= 0.6 is 0 Å². The SMILES string of the molecule is Cc1ccc(C(=O)O)c([O-])c1C(C)c1ccccc1.Cc1ccc(C(=O)O)c([O-])c1C(C)c1ccccc1.[Zn+2]. The van der Waals surface area contributed by atoms with Crippen LogP contribution in [0.4, 0.5) is 0 Å². The number of hydrogen-bond acceptors (Lipinski definition) is 4. The summed E-state index contributed by atoms with van der Waals surface area (Å²) >= 11 is 0. The number of carboxylic acids is 2. The molecule has 0 fully saturated rings. The van der Waals surface area contributed by atoms with Crippen molar-refractivity contribution in [2.45, 2.75) is 39.5 Å². The van der Waals surface area contributed by atoms with E-state index < -0.39 is 11.9 Å². The molecule has 2 N–H and O–H groups in total. The van der Waals surface area contributed by atoms with Crippen molar-refractivity contribution in [2.24, 2.45) is 0 Å². The summed E-state index contributed by atoms with van der Waals surface area (Å²) in [6.45, 7) is 7.51. The van der Waals surface area contributed by atoms with E-state index in [0.717, 1.165) is 22.3 Å². The molecule has 0 radical (unpaired) electrons. The molecule has 39 heavy (non-hydrogen) atoms. The number of carbonyl (C=O) groups is 2. The average Bonchev–Trinajstić information content (AvgIpc) is 2.89. The van der Waals surface area contributed by atoms with E-state index in [1.54, 1.807) is 12.1 Å². The van der Waals surface area contributed by atoms with Crippen LogP contribution in [0.5, 0.6) is 11.5 Å². The number of aromatic carboxylic acids is 2. The minimum Gasteiger partial charge on any atom is -0.872 e. The van der Waals surface area contributed by atoms with Crippen molar-refractivity contribution in [2.75, 3.05) is 0 Å². The van der Waals surface area contributed by atoms with Crippen molar-refractivity contribution in [3.63, 3.8) is 0 Å². The van der Waals surface area contributed by atoms with Crippen molar-refractivity contribution in [3.05, 3.63) is 129 Å². The summed E-state index contributed by atoms with van der Waals surface area (Å²) in [4.78, 5) is 22.1. The van der Waals surface area contributed by atoms with E-state index in [0.29, 0.717) is 11.1 Å². The largest absolute Gasteiger partial charge is 2.00 e. The van der Waals surface area contributed by atoms with Gasteiger partial charge in [0.2, 0.25) is 0 Å². The van der Waals surface area contributed by atoms with Gasteiger partial charge in [0.05, 0.1) is 11.1 Å². The Balaban J connectivity index is 0.000000267. The number of carboxylic acid groups (broad SMARTS) is 2. The number of benzene rings is 4. The first-order valence-electron chi connectivity index (χ1n) is 12.2. The number of rotatable bonds is 6. The molecule has 0 aromatic heterocycles. The Morgan fingerprint density at radius 3 is 1.18 bits per heavy atom. The zero-order valence-corrected chi connectivity index (χ0v) is 25.4. The van der Waals surface area contributed by atoms with Crippen LogP contribution in [-0.2, 0) is 19.5 Å². The molecule has 196 valence electrons. The minimum atomic E-state index is -1.17. The Labute approximate surface area is 241 Å². The first kappa shape index (κ1) is 31.3. The summed E-state index contributed by atoms with van der Waals surface area (Å²) in [6, 6.07) is 25.4. The fourth-order valence-electron chi connectivity index (χ4n) is 4.63. The summed E-state index contributed by atoms with van der Waals surface area (Å²) < 4.78 is 0. The van der Waals surface area contributed by atoms with Crippen LogP contribution in [0.15, 0.2) is 84.9 Å². The fourth-order valence-corrected chi connectivity index (χ4v) is 4.63. The van der Waals surface area contributed by atoms with E-state index in [-0.39, 0.29) is 53.9 Å². The normalized spacial score (nSPS) is 11.8. The smallest absolute Gasteiger partial charge is 0.872 e. The molecule has 0 saturated heterocycles. The summed E-state index contributed by atoms with van der Waals surface area (Å²) in [5, 5.41) is 42.6. The van der Waals surface area contributed by atoms with Crippen LogP contribution in [0, 0.1) is 13.8 Å². The Morgan fingerprint density at radius 2 is 0.897 bits per heavy atom. The van der Waals surface area contributed by atoms with E-state index in [9.17, 15) is 19.8 Å². The molecule has 0 aliphatic rings. The third-order valence-corrected chi connectivity index (χ3v) is 6.75. The molecular weight excluding hydrogens is 546 g/mol. The molecule has 7 heteroatoms. The van der Waals surface area contributed by atoms with Crippen molar-refractivity contribution in [3.8, 4) is 11.5 Å². The molecule has 0 heterocycles. The molecular formula is C32H30O6Zn. The molecule has 0 amide bonds. The molecule has 2 atom stereocenters. The van der Waals surface area contributed by atoms with Gasteiger partial charge in [0.15, 0.2) is 0 Å². The zero-order valence-electron chi connectivity index (χ0n) is 22.5. The van der Waals surface area contributed by atoms with Gasteiger partial charge in [-0.2, -0.15) is 0 Å². The molecule has 4 aromatic rings. The standard InChI is InChI=1S/2C16H16O3.Zn/c2*1-10-8-9-13(16(18)19)15(17)14(10)11(2)12-6-4-3-5-7-12;/h2*3-9,11,17H,1-2H3,(H,18,19);/q;;+2/p-2. The van der Waals surface area contributed by atoms with E-state index in [1.807, 2.05) is 88.4 Å². The second-order valence-corrected chi connectivity index (χ2v) is 9.22. The molecule has 0 spiro atoms.